The predicted molar refractivity (Wildman–Crippen MR) is 91.9 cm³/mol. The Bertz CT molecular complexity index is 702. The van der Waals surface area contributed by atoms with Gasteiger partial charge in [-0.25, -0.2) is 0 Å². The summed E-state index contributed by atoms with van der Waals surface area (Å²) in [7, 11) is 1.57. The van der Waals surface area contributed by atoms with Gasteiger partial charge in [0.25, 0.3) is 5.91 Å². The van der Waals surface area contributed by atoms with Crippen LogP contribution in [-0.4, -0.2) is 13.0 Å². The van der Waals surface area contributed by atoms with E-state index >= 15 is 0 Å². The van der Waals surface area contributed by atoms with Gasteiger partial charge in [0, 0.05) is 16.2 Å². The zero-order valence-corrected chi connectivity index (χ0v) is 14.7. The average molecular weight is 414 g/mol. The zero-order chi connectivity index (χ0) is 15.6. The van der Waals surface area contributed by atoms with Gasteiger partial charge < -0.3 is 15.8 Å². The summed E-state index contributed by atoms with van der Waals surface area (Å²) in [6, 6.07) is 8.88. The number of rotatable bonds is 3. The molecule has 0 heterocycles. The second kappa shape index (κ2) is 6.49. The molecule has 0 saturated heterocycles. The highest BCUT2D eigenvalue weighted by Gasteiger charge is 2.13. The Morgan fingerprint density at radius 2 is 1.90 bits per heavy atom. The summed E-state index contributed by atoms with van der Waals surface area (Å²) >= 11 is 6.79. The number of aryl methyl sites for hydroxylation is 1. The van der Waals surface area contributed by atoms with Gasteiger partial charge >= 0.3 is 0 Å². The minimum atomic E-state index is -0.266. The molecule has 0 bridgehead atoms. The molecule has 1 amide bonds. The summed E-state index contributed by atoms with van der Waals surface area (Å²) in [5.74, 6) is 0.364. The molecule has 0 radical (unpaired) electrons. The van der Waals surface area contributed by atoms with Gasteiger partial charge in [-0.3, -0.25) is 4.79 Å². The highest BCUT2D eigenvalue weighted by molar-refractivity contribution is 9.11. The van der Waals surface area contributed by atoms with E-state index in [9.17, 15) is 4.79 Å². The van der Waals surface area contributed by atoms with E-state index in [0.29, 0.717) is 22.7 Å². The Labute approximate surface area is 139 Å². The molecule has 6 heteroatoms. The normalized spacial score (nSPS) is 10.3. The molecule has 0 aliphatic carbocycles. The maximum absolute atomic E-state index is 12.3. The number of carbonyl (C=O) groups excluding carboxylic acids is 1. The highest BCUT2D eigenvalue weighted by Crippen LogP contribution is 2.34. The van der Waals surface area contributed by atoms with Crippen molar-refractivity contribution in [3.8, 4) is 5.75 Å². The van der Waals surface area contributed by atoms with Crippen LogP contribution in [0.15, 0.2) is 39.3 Å². The van der Waals surface area contributed by atoms with Crippen molar-refractivity contribution < 1.29 is 9.53 Å². The van der Waals surface area contributed by atoms with Crippen LogP contribution in [-0.2, 0) is 0 Å². The van der Waals surface area contributed by atoms with Crippen LogP contribution in [0.3, 0.4) is 0 Å². The zero-order valence-electron chi connectivity index (χ0n) is 11.5. The smallest absolute Gasteiger partial charge is 0.257 e. The van der Waals surface area contributed by atoms with Crippen molar-refractivity contribution in [2.24, 2.45) is 0 Å². The average Bonchev–Trinajstić information content (AvgIpc) is 2.41. The van der Waals surface area contributed by atoms with Crippen LogP contribution in [0, 0.1) is 6.92 Å². The first-order valence-corrected chi connectivity index (χ1v) is 7.71. The van der Waals surface area contributed by atoms with Crippen molar-refractivity contribution in [3.05, 3.63) is 50.4 Å². The number of nitrogens with one attached hydrogen (secondary N) is 1. The summed E-state index contributed by atoms with van der Waals surface area (Å²) < 4.78 is 6.76. The second-order valence-corrected chi connectivity index (χ2v) is 6.22. The Hall–Kier alpha value is -1.53. The number of ether oxygens (including phenoxy) is 1. The lowest BCUT2D eigenvalue weighted by molar-refractivity contribution is 0.102. The van der Waals surface area contributed by atoms with Gasteiger partial charge in [0.05, 0.1) is 22.8 Å². The van der Waals surface area contributed by atoms with Crippen molar-refractivity contribution in [1.82, 2.24) is 0 Å². The molecule has 2 aromatic rings. The van der Waals surface area contributed by atoms with Gasteiger partial charge in [-0.05, 0) is 62.5 Å². The van der Waals surface area contributed by atoms with E-state index < -0.39 is 0 Å². The van der Waals surface area contributed by atoms with E-state index in [1.165, 1.54) is 0 Å². The maximum Gasteiger partial charge on any atom is 0.257 e. The number of hydrogen-bond acceptors (Lipinski definition) is 3. The Kier molecular flexibility index (Phi) is 4.90. The van der Waals surface area contributed by atoms with Crippen molar-refractivity contribution in [2.45, 2.75) is 6.92 Å². The first kappa shape index (κ1) is 15.9. The van der Waals surface area contributed by atoms with Gasteiger partial charge in [0.15, 0.2) is 0 Å². The number of carbonyl (C=O) groups is 1. The van der Waals surface area contributed by atoms with Crippen LogP contribution in [0.1, 0.15) is 15.9 Å². The van der Waals surface area contributed by atoms with Crippen molar-refractivity contribution in [3.63, 3.8) is 0 Å². The largest absolute Gasteiger partial charge is 0.495 e. The van der Waals surface area contributed by atoms with Gasteiger partial charge in [-0.2, -0.15) is 0 Å². The molecule has 0 saturated carbocycles. The van der Waals surface area contributed by atoms with E-state index in [-0.39, 0.29) is 5.91 Å². The van der Waals surface area contributed by atoms with Crippen molar-refractivity contribution >= 4 is 49.1 Å². The van der Waals surface area contributed by atoms with Gasteiger partial charge in [0.1, 0.15) is 5.75 Å². The Balaban J connectivity index is 2.31. The topological polar surface area (TPSA) is 64.3 Å². The molecule has 0 atom stereocenters. The summed E-state index contributed by atoms with van der Waals surface area (Å²) in [6.07, 6.45) is 0. The lowest BCUT2D eigenvalue weighted by Gasteiger charge is -2.12. The number of hydrogen-bond donors (Lipinski definition) is 2. The number of anilines is 2. The standard InChI is InChI=1S/C15H14Br2N2O2/c1-8-3-4-9(12(18)5-8)15(20)19-13-7-14(21-2)11(17)6-10(13)16/h3-7H,18H2,1-2H3,(H,19,20). The van der Waals surface area contributed by atoms with E-state index in [0.717, 1.165) is 14.5 Å². The monoisotopic (exact) mass is 412 g/mol. The molecule has 110 valence electrons. The van der Waals surface area contributed by atoms with E-state index in [1.54, 1.807) is 25.3 Å². The molecule has 3 N–H and O–H groups in total. The number of methoxy groups -OCH3 is 1. The van der Waals surface area contributed by atoms with Crippen LogP contribution in [0.5, 0.6) is 5.75 Å². The number of nitrogen functional groups attached to an aromatic ring is 1. The van der Waals surface area contributed by atoms with Crippen LogP contribution >= 0.6 is 31.9 Å². The lowest BCUT2D eigenvalue weighted by atomic mass is 10.1. The second-order valence-electron chi connectivity index (χ2n) is 4.51. The first-order valence-electron chi connectivity index (χ1n) is 6.13. The Morgan fingerprint density at radius 3 is 2.52 bits per heavy atom. The van der Waals surface area contributed by atoms with Gasteiger partial charge in [0.2, 0.25) is 0 Å². The van der Waals surface area contributed by atoms with Crippen molar-refractivity contribution in [2.75, 3.05) is 18.2 Å². The minimum Gasteiger partial charge on any atom is -0.495 e. The van der Waals surface area contributed by atoms with Gasteiger partial charge in [-0.15, -0.1) is 0 Å². The molecule has 0 aliphatic heterocycles. The molecular formula is C15H14Br2N2O2. The number of amides is 1. The molecule has 2 rings (SSSR count). The molecular weight excluding hydrogens is 400 g/mol. The third kappa shape index (κ3) is 3.57. The summed E-state index contributed by atoms with van der Waals surface area (Å²) in [4.78, 5) is 12.3. The quantitative estimate of drug-likeness (QED) is 0.734. The third-order valence-corrected chi connectivity index (χ3v) is 4.22. The molecule has 0 aliphatic rings. The SMILES string of the molecule is COc1cc(NC(=O)c2ccc(C)cc2N)c(Br)cc1Br. The maximum atomic E-state index is 12.3. The molecule has 0 spiro atoms. The van der Waals surface area contributed by atoms with E-state index in [4.69, 9.17) is 10.5 Å². The number of nitrogens with two attached hydrogens (primary N) is 1. The lowest BCUT2D eigenvalue weighted by Crippen LogP contribution is -2.14. The molecule has 0 unspecified atom stereocenters. The first-order chi connectivity index (χ1) is 9.92. The minimum absolute atomic E-state index is 0.266. The van der Waals surface area contributed by atoms with Crippen LogP contribution in [0.25, 0.3) is 0 Å². The fourth-order valence-corrected chi connectivity index (χ4v) is 3.11. The summed E-state index contributed by atoms with van der Waals surface area (Å²) in [6.45, 7) is 1.92. The molecule has 0 fully saturated rings. The summed E-state index contributed by atoms with van der Waals surface area (Å²) in [5.41, 5.74) is 8.40. The molecule has 2 aromatic carbocycles. The number of halogens is 2. The molecule has 21 heavy (non-hydrogen) atoms. The van der Waals surface area contributed by atoms with E-state index in [2.05, 4.69) is 37.2 Å². The van der Waals surface area contributed by atoms with Crippen LogP contribution in [0.4, 0.5) is 11.4 Å². The Morgan fingerprint density at radius 1 is 1.19 bits per heavy atom. The fraction of sp³-hybridized carbons (Fsp3) is 0.133. The summed E-state index contributed by atoms with van der Waals surface area (Å²) in [5, 5.41) is 2.82. The van der Waals surface area contributed by atoms with Gasteiger partial charge in [-0.1, -0.05) is 6.07 Å². The van der Waals surface area contributed by atoms with Crippen LogP contribution < -0.4 is 15.8 Å². The molecule has 0 aromatic heterocycles. The highest BCUT2D eigenvalue weighted by atomic mass is 79.9. The third-order valence-electron chi connectivity index (χ3n) is 2.94. The fourth-order valence-electron chi connectivity index (χ4n) is 1.86. The molecule has 4 nitrogen and oxygen atoms in total. The van der Waals surface area contributed by atoms with Crippen molar-refractivity contribution in [1.29, 1.82) is 0 Å². The van der Waals surface area contributed by atoms with Crippen LogP contribution in [0.2, 0.25) is 0 Å². The number of benzene rings is 2. The predicted octanol–water partition coefficient (Wildman–Crippen LogP) is 4.36. The van der Waals surface area contributed by atoms with E-state index in [1.807, 2.05) is 19.1 Å².